The van der Waals surface area contributed by atoms with Crippen LogP contribution in [0.4, 0.5) is 0 Å². The monoisotopic (exact) mass is 371 g/mol. The molecule has 0 spiro atoms. The molecule has 2 aromatic rings. The van der Waals surface area contributed by atoms with Crippen LogP contribution in [0, 0.1) is 5.92 Å². The average molecular weight is 372 g/mol. The lowest BCUT2D eigenvalue weighted by Crippen LogP contribution is -2.43. The summed E-state index contributed by atoms with van der Waals surface area (Å²) >= 11 is 1.62. The molecule has 0 aliphatic carbocycles. The van der Waals surface area contributed by atoms with Crippen LogP contribution in [0.1, 0.15) is 38.3 Å². The molecule has 138 valence electrons. The molecule has 1 fully saturated rings. The highest BCUT2D eigenvalue weighted by atomic mass is 32.1. The molecule has 1 atom stereocenters. The largest absolute Gasteiger partial charge is 0.337 e. The number of amides is 2. The Kier molecular flexibility index (Phi) is 5.41. The molecule has 26 heavy (non-hydrogen) atoms. The second-order valence-electron chi connectivity index (χ2n) is 7.76. The van der Waals surface area contributed by atoms with Gasteiger partial charge in [0.2, 0.25) is 11.8 Å². The Balaban J connectivity index is 1.77. The van der Waals surface area contributed by atoms with Gasteiger partial charge in [-0.1, -0.05) is 6.07 Å². The van der Waals surface area contributed by atoms with E-state index < -0.39 is 0 Å². The molecular formula is C20H25N3O2S. The highest BCUT2D eigenvalue weighted by Gasteiger charge is 2.40. The number of hydrogen-bond acceptors (Lipinski definition) is 4. The summed E-state index contributed by atoms with van der Waals surface area (Å²) in [4.78, 5) is 33.4. The topological polar surface area (TPSA) is 53.5 Å². The van der Waals surface area contributed by atoms with Crippen LogP contribution in [0.2, 0.25) is 0 Å². The summed E-state index contributed by atoms with van der Waals surface area (Å²) in [5.74, 6) is -0.176. The zero-order chi connectivity index (χ0) is 18.7. The minimum atomic E-state index is -0.281. The molecule has 1 saturated heterocycles. The Morgan fingerprint density at radius 2 is 2.08 bits per heavy atom. The normalized spacial score (nSPS) is 17.6. The third-order valence-electron chi connectivity index (χ3n) is 4.65. The fourth-order valence-electron chi connectivity index (χ4n) is 3.31. The van der Waals surface area contributed by atoms with Gasteiger partial charge < -0.3 is 9.80 Å². The van der Waals surface area contributed by atoms with Crippen molar-refractivity contribution >= 4 is 23.2 Å². The molecule has 0 saturated carbocycles. The first-order valence-corrected chi connectivity index (χ1v) is 9.78. The Bertz CT molecular complexity index is 753. The summed E-state index contributed by atoms with van der Waals surface area (Å²) in [5, 5.41) is 4.08. The van der Waals surface area contributed by atoms with Gasteiger partial charge in [0.25, 0.3) is 0 Å². The molecule has 1 unspecified atom stereocenters. The van der Waals surface area contributed by atoms with E-state index in [-0.39, 0.29) is 23.3 Å². The van der Waals surface area contributed by atoms with Crippen LogP contribution in [-0.2, 0) is 22.7 Å². The minimum Gasteiger partial charge on any atom is -0.337 e. The molecule has 1 aliphatic rings. The van der Waals surface area contributed by atoms with E-state index >= 15 is 0 Å². The number of likely N-dealkylation sites (tertiary alicyclic amines) is 1. The Morgan fingerprint density at radius 3 is 2.65 bits per heavy atom. The van der Waals surface area contributed by atoms with Crippen LogP contribution >= 0.6 is 11.3 Å². The van der Waals surface area contributed by atoms with Crippen molar-refractivity contribution in [2.75, 3.05) is 6.54 Å². The molecule has 0 bridgehead atoms. The summed E-state index contributed by atoms with van der Waals surface area (Å²) in [5.41, 5.74) is 1.85. The molecule has 1 aliphatic heterocycles. The lowest BCUT2D eigenvalue weighted by molar-refractivity contribution is -0.137. The molecule has 5 nitrogen and oxygen atoms in total. The Labute approximate surface area is 158 Å². The van der Waals surface area contributed by atoms with Crippen molar-refractivity contribution in [1.29, 1.82) is 0 Å². The maximum atomic E-state index is 13.2. The van der Waals surface area contributed by atoms with Gasteiger partial charge in [0.05, 0.1) is 5.92 Å². The number of carbonyl (C=O) groups is 2. The van der Waals surface area contributed by atoms with E-state index in [9.17, 15) is 9.59 Å². The van der Waals surface area contributed by atoms with Crippen LogP contribution in [0.25, 0.3) is 0 Å². The lowest BCUT2D eigenvalue weighted by atomic mass is 10.0. The first-order chi connectivity index (χ1) is 12.3. The molecule has 0 radical (unpaired) electrons. The summed E-state index contributed by atoms with van der Waals surface area (Å²) in [7, 11) is 0. The van der Waals surface area contributed by atoms with Gasteiger partial charge in [-0.2, -0.15) is 11.3 Å². The van der Waals surface area contributed by atoms with Gasteiger partial charge >= 0.3 is 0 Å². The summed E-state index contributed by atoms with van der Waals surface area (Å²) in [6.07, 6.45) is 3.81. The number of carbonyl (C=O) groups excluding carboxylic acids is 2. The van der Waals surface area contributed by atoms with E-state index in [4.69, 9.17) is 0 Å². The van der Waals surface area contributed by atoms with Crippen LogP contribution in [0.3, 0.4) is 0 Å². The van der Waals surface area contributed by atoms with Crippen molar-refractivity contribution in [3.8, 4) is 0 Å². The van der Waals surface area contributed by atoms with E-state index in [2.05, 4.69) is 10.4 Å². The minimum absolute atomic E-state index is 0.0418. The fourth-order valence-corrected chi connectivity index (χ4v) is 3.97. The Hall–Kier alpha value is -2.21. The smallest absolute Gasteiger partial charge is 0.228 e. The van der Waals surface area contributed by atoms with Gasteiger partial charge in [-0.15, -0.1) is 0 Å². The number of thiophene rings is 1. The third-order valence-corrected chi connectivity index (χ3v) is 5.38. The van der Waals surface area contributed by atoms with Crippen molar-refractivity contribution in [3.05, 3.63) is 52.5 Å². The molecule has 6 heteroatoms. The molecule has 0 N–H and O–H groups in total. The van der Waals surface area contributed by atoms with E-state index in [1.54, 1.807) is 23.7 Å². The van der Waals surface area contributed by atoms with Gasteiger partial charge in [-0.05, 0) is 54.8 Å². The predicted molar refractivity (Wildman–Crippen MR) is 102 cm³/mol. The number of nitrogens with zero attached hydrogens (tertiary/aromatic N) is 3. The van der Waals surface area contributed by atoms with Crippen LogP contribution in [0.15, 0.2) is 41.4 Å². The van der Waals surface area contributed by atoms with E-state index in [0.717, 1.165) is 11.1 Å². The van der Waals surface area contributed by atoms with Gasteiger partial charge in [-0.3, -0.25) is 14.6 Å². The molecule has 3 rings (SSSR count). The maximum absolute atomic E-state index is 13.2. The first kappa shape index (κ1) is 18.6. The molecular weight excluding hydrogens is 346 g/mol. The van der Waals surface area contributed by atoms with Crippen LogP contribution in [-0.4, -0.2) is 38.7 Å². The predicted octanol–water partition coefficient (Wildman–Crippen LogP) is 3.32. The number of pyridine rings is 1. The van der Waals surface area contributed by atoms with Crippen molar-refractivity contribution in [3.63, 3.8) is 0 Å². The fraction of sp³-hybridized carbons (Fsp3) is 0.450. The zero-order valence-electron chi connectivity index (χ0n) is 15.5. The van der Waals surface area contributed by atoms with Crippen molar-refractivity contribution < 1.29 is 9.59 Å². The van der Waals surface area contributed by atoms with Crippen LogP contribution < -0.4 is 0 Å². The number of aromatic nitrogens is 1. The summed E-state index contributed by atoms with van der Waals surface area (Å²) in [6.45, 7) is 7.58. The van der Waals surface area contributed by atoms with Crippen molar-refractivity contribution in [1.82, 2.24) is 14.8 Å². The molecule has 0 aromatic carbocycles. The van der Waals surface area contributed by atoms with Crippen molar-refractivity contribution in [2.45, 2.75) is 45.8 Å². The highest BCUT2D eigenvalue weighted by Crippen LogP contribution is 2.28. The average Bonchev–Trinajstić information content (AvgIpc) is 3.23. The number of hydrogen-bond donors (Lipinski definition) is 0. The Morgan fingerprint density at radius 1 is 1.31 bits per heavy atom. The second-order valence-corrected chi connectivity index (χ2v) is 8.54. The first-order valence-electron chi connectivity index (χ1n) is 8.84. The lowest BCUT2D eigenvalue weighted by Gasteiger charge is -2.32. The number of rotatable bonds is 5. The van der Waals surface area contributed by atoms with Gasteiger partial charge in [-0.25, -0.2) is 0 Å². The zero-order valence-corrected chi connectivity index (χ0v) is 16.3. The second kappa shape index (κ2) is 7.58. The van der Waals surface area contributed by atoms with Gasteiger partial charge in [0.1, 0.15) is 0 Å². The van der Waals surface area contributed by atoms with E-state index in [1.165, 1.54) is 0 Å². The summed E-state index contributed by atoms with van der Waals surface area (Å²) in [6, 6.07) is 5.89. The summed E-state index contributed by atoms with van der Waals surface area (Å²) < 4.78 is 0. The molecule has 2 aromatic heterocycles. The highest BCUT2D eigenvalue weighted by molar-refractivity contribution is 7.07. The van der Waals surface area contributed by atoms with Crippen LogP contribution in [0.5, 0.6) is 0 Å². The quantitative estimate of drug-likeness (QED) is 0.810. The SMILES string of the molecule is CC(C)(C)N1CC(C(=O)N(Cc2cccnc2)Cc2ccsc2)CC1=O. The van der Waals surface area contributed by atoms with Crippen molar-refractivity contribution in [2.24, 2.45) is 5.92 Å². The molecule has 3 heterocycles. The van der Waals surface area contributed by atoms with Gasteiger partial charge in [0, 0.05) is 44.0 Å². The van der Waals surface area contributed by atoms with Gasteiger partial charge in [0.15, 0.2) is 0 Å². The maximum Gasteiger partial charge on any atom is 0.228 e. The standard InChI is InChI=1S/C20H25N3O2S/c1-20(2,3)23-13-17(9-18(23)24)19(25)22(12-16-6-8-26-14-16)11-15-5-4-7-21-10-15/h4-8,10,14,17H,9,11-13H2,1-3H3. The van der Waals surface area contributed by atoms with E-state index in [1.807, 2.05) is 54.2 Å². The van der Waals surface area contributed by atoms with E-state index in [0.29, 0.717) is 26.1 Å². The molecule has 2 amide bonds. The third kappa shape index (κ3) is 4.30.